The third-order valence-electron chi connectivity index (χ3n) is 2.21. The Labute approximate surface area is 99.7 Å². The van der Waals surface area contributed by atoms with Crippen LogP contribution in [0.25, 0.3) is 12.0 Å². The lowest BCUT2D eigenvalue weighted by molar-refractivity contribution is -0.384. The first-order valence-electron chi connectivity index (χ1n) is 4.86. The van der Waals surface area contributed by atoms with Gasteiger partial charge in [0.25, 0.3) is 5.69 Å². The van der Waals surface area contributed by atoms with Crippen LogP contribution in [0.2, 0.25) is 0 Å². The number of aromatic nitrogens is 1. The molecule has 1 aromatic carbocycles. The van der Waals surface area contributed by atoms with E-state index < -0.39 is 16.5 Å². The van der Waals surface area contributed by atoms with Crippen LogP contribution in [0.3, 0.4) is 0 Å². The minimum absolute atomic E-state index is 0.132. The fourth-order valence-corrected chi connectivity index (χ4v) is 1.31. The predicted octanol–water partition coefficient (Wildman–Crippen LogP) is 2.27. The number of hydrogen-bond acceptors (Lipinski definition) is 4. The zero-order valence-corrected chi connectivity index (χ0v) is 8.95. The molecule has 0 saturated heterocycles. The van der Waals surface area contributed by atoms with E-state index in [-0.39, 0.29) is 11.3 Å². The Morgan fingerprint density at radius 3 is 2.56 bits per heavy atom. The molecular weight excluding hydrogens is 243 g/mol. The van der Waals surface area contributed by atoms with Crippen molar-refractivity contribution in [2.45, 2.75) is 0 Å². The molecule has 0 amide bonds. The second-order valence-corrected chi connectivity index (χ2v) is 3.36. The Kier molecular flexibility index (Phi) is 3.05. The first kappa shape index (κ1) is 11.8. The van der Waals surface area contributed by atoms with Crippen LogP contribution >= 0.6 is 0 Å². The van der Waals surface area contributed by atoms with E-state index in [1.54, 1.807) is 0 Å². The van der Waals surface area contributed by atoms with Gasteiger partial charge in [0.1, 0.15) is 12.1 Å². The number of nitrogens with zero attached hydrogens (tertiary/aromatic N) is 2. The molecule has 0 aliphatic heterocycles. The van der Waals surface area contributed by atoms with Gasteiger partial charge in [0.2, 0.25) is 0 Å². The summed E-state index contributed by atoms with van der Waals surface area (Å²) in [5.74, 6) is -1.42. The van der Waals surface area contributed by atoms with Crippen LogP contribution in [-0.4, -0.2) is 9.49 Å². The van der Waals surface area contributed by atoms with Crippen LogP contribution in [0.1, 0.15) is 5.56 Å². The number of oxazole rings is 1. The van der Waals surface area contributed by atoms with E-state index in [9.17, 15) is 19.3 Å². The molecule has 0 radical (unpaired) electrons. The van der Waals surface area contributed by atoms with Crippen molar-refractivity contribution >= 4 is 17.7 Å². The molecule has 7 heteroatoms. The van der Waals surface area contributed by atoms with Crippen molar-refractivity contribution < 1.29 is 13.7 Å². The molecule has 2 rings (SSSR count). The first-order chi connectivity index (χ1) is 8.58. The smallest absolute Gasteiger partial charge is 0.416 e. The molecule has 2 aromatic rings. The highest BCUT2D eigenvalue weighted by atomic mass is 19.1. The summed E-state index contributed by atoms with van der Waals surface area (Å²) in [5.41, 5.74) is 0.000674. The standard InChI is InChI=1S/C11H7FN2O4/c12-10(7-13-5-6-18-11(13)15)8-1-3-9(4-2-8)14(16)17/h1-7H/b10-7-. The summed E-state index contributed by atoms with van der Waals surface area (Å²) in [4.78, 5) is 20.9. The summed E-state index contributed by atoms with van der Waals surface area (Å²) in [6.45, 7) is 0. The molecule has 0 spiro atoms. The van der Waals surface area contributed by atoms with Gasteiger partial charge in [-0.2, -0.15) is 0 Å². The van der Waals surface area contributed by atoms with Gasteiger partial charge < -0.3 is 4.42 Å². The van der Waals surface area contributed by atoms with E-state index in [4.69, 9.17) is 0 Å². The van der Waals surface area contributed by atoms with Gasteiger partial charge >= 0.3 is 5.76 Å². The van der Waals surface area contributed by atoms with Gasteiger partial charge in [-0.05, 0) is 12.1 Å². The molecule has 0 fully saturated rings. The summed E-state index contributed by atoms with van der Waals surface area (Å²) in [6, 6.07) is 4.88. The molecule has 0 unspecified atom stereocenters. The molecule has 1 aromatic heterocycles. The Morgan fingerprint density at radius 1 is 1.39 bits per heavy atom. The number of hydrogen-bond donors (Lipinski definition) is 0. The molecule has 1 heterocycles. The summed E-state index contributed by atoms with van der Waals surface area (Å²) < 4.78 is 19.1. The van der Waals surface area contributed by atoms with Crippen molar-refractivity contribution in [2.24, 2.45) is 0 Å². The number of halogens is 1. The Bertz CT molecular complexity index is 654. The third kappa shape index (κ3) is 2.34. The maximum Gasteiger partial charge on any atom is 0.423 e. The van der Waals surface area contributed by atoms with E-state index in [0.29, 0.717) is 0 Å². The van der Waals surface area contributed by atoms with E-state index >= 15 is 0 Å². The number of nitro groups is 1. The normalized spacial score (nSPS) is 11.5. The average Bonchev–Trinajstić information content (AvgIpc) is 2.75. The Morgan fingerprint density at radius 2 is 2.06 bits per heavy atom. The number of benzene rings is 1. The summed E-state index contributed by atoms with van der Waals surface area (Å²) in [7, 11) is 0. The highest BCUT2D eigenvalue weighted by Gasteiger charge is 2.07. The van der Waals surface area contributed by atoms with E-state index in [0.717, 1.165) is 17.0 Å². The van der Waals surface area contributed by atoms with Crippen LogP contribution in [0, 0.1) is 10.1 Å². The second kappa shape index (κ2) is 4.66. The number of rotatable bonds is 3. The van der Waals surface area contributed by atoms with Crippen LogP contribution in [0.5, 0.6) is 0 Å². The van der Waals surface area contributed by atoms with Crippen LogP contribution in [0.15, 0.2) is 45.9 Å². The van der Waals surface area contributed by atoms with Crippen LogP contribution in [-0.2, 0) is 0 Å². The van der Waals surface area contributed by atoms with Gasteiger partial charge in [0, 0.05) is 17.7 Å². The zero-order chi connectivity index (χ0) is 13.1. The SMILES string of the molecule is O=c1occn1/C=C(\F)c1ccc([N+](=O)[O-])cc1. The lowest BCUT2D eigenvalue weighted by Crippen LogP contribution is -2.06. The zero-order valence-electron chi connectivity index (χ0n) is 8.95. The third-order valence-corrected chi connectivity index (χ3v) is 2.21. The van der Waals surface area contributed by atoms with Gasteiger partial charge in [0.15, 0.2) is 0 Å². The molecule has 0 saturated carbocycles. The average molecular weight is 250 g/mol. The molecule has 0 atom stereocenters. The minimum atomic E-state index is -0.716. The van der Waals surface area contributed by atoms with Crippen LogP contribution in [0.4, 0.5) is 10.1 Å². The molecule has 0 aliphatic carbocycles. The molecule has 0 aliphatic rings. The van der Waals surface area contributed by atoms with E-state index in [1.165, 1.54) is 30.5 Å². The van der Waals surface area contributed by atoms with Gasteiger partial charge in [-0.25, -0.2) is 9.18 Å². The van der Waals surface area contributed by atoms with Gasteiger partial charge in [-0.3, -0.25) is 14.7 Å². The van der Waals surface area contributed by atoms with Gasteiger partial charge in [-0.15, -0.1) is 0 Å². The molecule has 92 valence electrons. The van der Waals surface area contributed by atoms with Gasteiger partial charge in [-0.1, -0.05) is 0 Å². The summed E-state index contributed by atoms with van der Waals surface area (Å²) in [5, 5.41) is 10.4. The number of non-ortho nitro benzene ring substituents is 1. The van der Waals surface area contributed by atoms with Crippen molar-refractivity contribution in [2.75, 3.05) is 0 Å². The Hall–Kier alpha value is -2.70. The van der Waals surface area contributed by atoms with Gasteiger partial charge in [0.05, 0.1) is 17.3 Å². The maximum absolute atomic E-state index is 13.7. The maximum atomic E-state index is 13.7. The number of nitro benzene ring substituents is 1. The van der Waals surface area contributed by atoms with Crippen molar-refractivity contribution in [3.8, 4) is 0 Å². The summed E-state index contributed by atoms with van der Waals surface area (Å²) in [6.07, 6.45) is 3.32. The van der Waals surface area contributed by atoms with Crippen molar-refractivity contribution in [3.63, 3.8) is 0 Å². The molecule has 18 heavy (non-hydrogen) atoms. The highest BCUT2D eigenvalue weighted by Crippen LogP contribution is 2.20. The van der Waals surface area contributed by atoms with Crippen molar-refractivity contribution in [1.29, 1.82) is 0 Å². The van der Waals surface area contributed by atoms with Crippen molar-refractivity contribution in [1.82, 2.24) is 4.57 Å². The monoisotopic (exact) mass is 250 g/mol. The van der Waals surface area contributed by atoms with E-state index in [1.807, 2.05) is 0 Å². The lowest BCUT2D eigenvalue weighted by Gasteiger charge is -1.97. The topological polar surface area (TPSA) is 78.3 Å². The molecular formula is C11H7FN2O4. The highest BCUT2D eigenvalue weighted by molar-refractivity contribution is 5.69. The minimum Gasteiger partial charge on any atom is -0.416 e. The van der Waals surface area contributed by atoms with E-state index in [2.05, 4.69) is 4.42 Å². The van der Waals surface area contributed by atoms with Crippen LogP contribution < -0.4 is 5.76 Å². The lowest BCUT2D eigenvalue weighted by atomic mass is 10.2. The fourth-order valence-electron chi connectivity index (χ4n) is 1.31. The largest absolute Gasteiger partial charge is 0.423 e. The molecule has 0 bridgehead atoms. The predicted molar refractivity (Wildman–Crippen MR) is 61.3 cm³/mol. The first-order valence-corrected chi connectivity index (χ1v) is 4.86. The fraction of sp³-hybridized carbons (Fsp3) is 0. The van der Waals surface area contributed by atoms with Crippen molar-refractivity contribution in [3.05, 3.63) is 63.0 Å². The molecule has 6 nitrogen and oxygen atoms in total. The molecule has 0 N–H and O–H groups in total. The quantitative estimate of drug-likeness (QED) is 0.618. The summed E-state index contributed by atoms with van der Waals surface area (Å²) >= 11 is 0. The second-order valence-electron chi connectivity index (χ2n) is 3.36. The Balaban J connectivity index is 2.32.